The van der Waals surface area contributed by atoms with E-state index in [-0.39, 0.29) is 24.8 Å². The van der Waals surface area contributed by atoms with E-state index in [4.69, 9.17) is 16.7 Å². The molecule has 0 unspecified atom stereocenters. The fourth-order valence-electron chi connectivity index (χ4n) is 2.36. The maximum Gasteiger partial charge on any atom is 0.278 e. The summed E-state index contributed by atoms with van der Waals surface area (Å²) in [5, 5.41) is 25.4. The van der Waals surface area contributed by atoms with Crippen LogP contribution in [0.25, 0.3) is 0 Å². The van der Waals surface area contributed by atoms with Gasteiger partial charge in [-0.2, -0.15) is 0 Å². The fourth-order valence-corrected chi connectivity index (χ4v) is 2.48. The molecule has 9 heteroatoms. The van der Waals surface area contributed by atoms with Gasteiger partial charge in [-0.25, -0.2) is 0 Å². The molecule has 0 aliphatic heterocycles. The van der Waals surface area contributed by atoms with E-state index in [1.807, 2.05) is 13.8 Å². The minimum atomic E-state index is -1.57. The molecule has 6 N–H and O–H groups in total. The van der Waals surface area contributed by atoms with Crippen LogP contribution in [0.4, 0.5) is 0 Å². The number of carboxylic acid groups (broad SMARTS) is 1. The molecule has 0 radical (unpaired) electrons. The molecule has 0 aliphatic carbocycles. The smallest absolute Gasteiger partial charge is 0.278 e. The quantitative estimate of drug-likeness (QED) is 0.375. The van der Waals surface area contributed by atoms with Crippen molar-refractivity contribution >= 4 is 29.4 Å². The van der Waals surface area contributed by atoms with Crippen LogP contribution in [0.2, 0.25) is 5.02 Å². The molecule has 0 aromatic heterocycles. The summed E-state index contributed by atoms with van der Waals surface area (Å²) >= 11 is 5.89. The molecule has 0 bridgehead atoms. The first kappa shape index (κ1) is 22.9. The van der Waals surface area contributed by atoms with Gasteiger partial charge in [0.05, 0.1) is 18.6 Å². The van der Waals surface area contributed by atoms with Crippen molar-refractivity contribution in [3.8, 4) is 0 Å². The third-order valence-corrected chi connectivity index (χ3v) is 4.49. The van der Waals surface area contributed by atoms with E-state index < -0.39 is 36.5 Å². The van der Waals surface area contributed by atoms with Crippen molar-refractivity contribution < 1.29 is 30.3 Å². The number of aliphatic hydroxyl groups excluding tert-OH is 1. The van der Waals surface area contributed by atoms with Gasteiger partial charge < -0.3 is 31.4 Å². The van der Waals surface area contributed by atoms with Crippen LogP contribution in [-0.4, -0.2) is 48.1 Å². The van der Waals surface area contributed by atoms with Crippen molar-refractivity contribution in [1.29, 1.82) is 0 Å². The lowest BCUT2D eigenvalue weighted by atomic mass is 9.94. The summed E-state index contributed by atoms with van der Waals surface area (Å²) in [6, 6.07) is 4.89. The third kappa shape index (κ3) is 7.54. The number of amides is 2. The van der Waals surface area contributed by atoms with Crippen molar-refractivity contribution in [2.75, 3.05) is 13.2 Å². The number of aliphatic carboxylic acids is 1. The summed E-state index contributed by atoms with van der Waals surface area (Å²) in [5.41, 5.74) is 4.58. The Hall–Kier alpha value is -2.16. The van der Waals surface area contributed by atoms with E-state index in [1.54, 1.807) is 24.3 Å². The number of hydrogen-bond donors (Lipinski definition) is 4. The lowest BCUT2D eigenvalue weighted by molar-refractivity contribution is -0.414. The van der Waals surface area contributed by atoms with Gasteiger partial charge >= 0.3 is 0 Å². The number of hydrogen-bond acceptors (Lipinski definition) is 5. The average molecular weight is 400 g/mol. The molecule has 0 spiro atoms. The molecule has 1 aromatic carbocycles. The minimum Gasteiger partial charge on any atom is -0.548 e. The summed E-state index contributed by atoms with van der Waals surface area (Å²) in [5.74, 6) is -2.73. The fraction of sp³-hybridized carbons (Fsp3) is 0.500. The second-order valence-corrected chi connectivity index (χ2v) is 7.11. The summed E-state index contributed by atoms with van der Waals surface area (Å²) in [6.45, 7) is 3.17. The van der Waals surface area contributed by atoms with Crippen LogP contribution in [0.1, 0.15) is 31.7 Å². The Morgan fingerprint density at radius 1 is 1.22 bits per heavy atom. The van der Waals surface area contributed by atoms with E-state index in [2.05, 4.69) is 16.4 Å². The van der Waals surface area contributed by atoms with Crippen LogP contribution in [0, 0.1) is 5.92 Å². The summed E-state index contributed by atoms with van der Waals surface area (Å²) < 4.78 is 0. The zero-order valence-electron chi connectivity index (χ0n) is 15.4. The van der Waals surface area contributed by atoms with Gasteiger partial charge in [-0.1, -0.05) is 37.6 Å². The Kier molecular flexibility index (Phi) is 9.20. The highest BCUT2D eigenvalue weighted by Crippen LogP contribution is 2.21. The largest absolute Gasteiger partial charge is 0.548 e. The van der Waals surface area contributed by atoms with Crippen LogP contribution in [0.15, 0.2) is 24.3 Å². The molecular formula is C18H26ClN3O5. The zero-order valence-corrected chi connectivity index (χ0v) is 16.2. The molecule has 8 nitrogen and oxygen atoms in total. The van der Waals surface area contributed by atoms with Gasteiger partial charge in [0, 0.05) is 29.8 Å². The number of aliphatic hydroxyl groups is 1. The van der Waals surface area contributed by atoms with Gasteiger partial charge in [-0.05, 0) is 17.7 Å². The number of benzene rings is 1. The van der Waals surface area contributed by atoms with E-state index in [0.717, 1.165) is 5.56 Å². The molecule has 2 amide bonds. The number of carbonyl (C=O) groups is 3. The number of carboxylic acids is 1. The van der Waals surface area contributed by atoms with Crippen LogP contribution in [0.3, 0.4) is 0 Å². The standard InChI is InChI=1S/C18H26ClN3O5/c1-10(2)16(20)17(25)21-8-12(11-3-5-13(19)6-4-11)7-15(24)22-14(9-23)18(26)27/h3-6,10,12,14,16,23H,7-9,20H2,1-2H3,(H,21,25)(H,22,24)(H,26,27)/t12-,14-,16-/m0/s1. The Balaban J connectivity index is 2.85. The Bertz CT molecular complexity index is 651. The predicted octanol–water partition coefficient (Wildman–Crippen LogP) is -1.58. The highest BCUT2D eigenvalue weighted by molar-refractivity contribution is 6.30. The first-order chi connectivity index (χ1) is 12.6. The monoisotopic (exact) mass is 399 g/mol. The Morgan fingerprint density at radius 3 is 2.30 bits per heavy atom. The van der Waals surface area contributed by atoms with Gasteiger partial charge in [0.2, 0.25) is 5.91 Å². The molecule has 0 heterocycles. The zero-order chi connectivity index (χ0) is 20.6. The number of rotatable bonds is 10. The first-order valence-corrected chi connectivity index (χ1v) is 9.00. The molecule has 0 aliphatic rings. The van der Waals surface area contributed by atoms with E-state index >= 15 is 0 Å². The van der Waals surface area contributed by atoms with Crippen molar-refractivity contribution in [2.45, 2.75) is 38.3 Å². The van der Waals surface area contributed by atoms with Gasteiger partial charge in [-0.3, -0.25) is 9.59 Å². The lowest BCUT2D eigenvalue weighted by Crippen LogP contribution is -2.69. The SMILES string of the molecule is CC(C)[C@H]([NH3+])C(=O)NC[C@H](CC(=O)N[C@@H](CO)C(=O)[O-])c1ccc(Cl)cc1. The average Bonchev–Trinajstić information content (AvgIpc) is 2.62. The molecule has 0 saturated heterocycles. The van der Waals surface area contributed by atoms with Crippen LogP contribution in [-0.2, 0) is 14.4 Å². The molecular weight excluding hydrogens is 374 g/mol. The number of quaternary nitrogens is 1. The first-order valence-electron chi connectivity index (χ1n) is 8.63. The molecule has 0 saturated carbocycles. The Morgan fingerprint density at radius 2 is 1.81 bits per heavy atom. The van der Waals surface area contributed by atoms with Crippen molar-refractivity contribution in [1.82, 2.24) is 10.6 Å². The van der Waals surface area contributed by atoms with Crippen LogP contribution >= 0.6 is 11.6 Å². The normalized spacial score (nSPS) is 14.3. The second-order valence-electron chi connectivity index (χ2n) is 6.67. The summed E-state index contributed by atoms with van der Waals surface area (Å²) in [6.07, 6.45) is -0.0881. The summed E-state index contributed by atoms with van der Waals surface area (Å²) in [4.78, 5) is 35.2. The highest BCUT2D eigenvalue weighted by atomic mass is 35.5. The summed E-state index contributed by atoms with van der Waals surface area (Å²) in [7, 11) is 0. The number of nitrogens with one attached hydrogen (secondary N) is 2. The maximum atomic E-state index is 12.2. The molecule has 0 fully saturated rings. The lowest BCUT2D eigenvalue weighted by Gasteiger charge is -2.22. The molecule has 1 rings (SSSR count). The van der Waals surface area contributed by atoms with Crippen molar-refractivity contribution in [2.24, 2.45) is 5.92 Å². The number of halogens is 1. The molecule has 1 aromatic rings. The Labute approximate surface area is 163 Å². The topological polar surface area (TPSA) is 146 Å². The van der Waals surface area contributed by atoms with Gasteiger partial charge in [0.15, 0.2) is 6.04 Å². The molecule has 3 atom stereocenters. The number of carbonyl (C=O) groups excluding carboxylic acids is 3. The minimum absolute atomic E-state index is 0.0654. The van der Waals surface area contributed by atoms with Crippen LogP contribution < -0.4 is 21.5 Å². The van der Waals surface area contributed by atoms with Crippen LogP contribution in [0.5, 0.6) is 0 Å². The van der Waals surface area contributed by atoms with E-state index in [0.29, 0.717) is 5.02 Å². The van der Waals surface area contributed by atoms with E-state index in [1.165, 1.54) is 0 Å². The highest BCUT2D eigenvalue weighted by Gasteiger charge is 2.24. The van der Waals surface area contributed by atoms with Crippen molar-refractivity contribution in [3.05, 3.63) is 34.9 Å². The van der Waals surface area contributed by atoms with Gasteiger partial charge in [0.1, 0.15) is 0 Å². The van der Waals surface area contributed by atoms with Gasteiger partial charge in [0.25, 0.3) is 5.91 Å². The van der Waals surface area contributed by atoms with Crippen molar-refractivity contribution in [3.63, 3.8) is 0 Å². The van der Waals surface area contributed by atoms with Gasteiger partial charge in [-0.15, -0.1) is 0 Å². The third-order valence-electron chi connectivity index (χ3n) is 4.24. The molecule has 150 valence electrons. The van der Waals surface area contributed by atoms with E-state index in [9.17, 15) is 19.5 Å². The predicted molar refractivity (Wildman–Crippen MR) is 97.4 cm³/mol. The molecule has 27 heavy (non-hydrogen) atoms. The second kappa shape index (κ2) is 10.9. The maximum absolute atomic E-state index is 12.2.